The van der Waals surface area contributed by atoms with Crippen LogP contribution in [0.1, 0.15) is 32.8 Å². The van der Waals surface area contributed by atoms with Crippen LogP contribution in [0.25, 0.3) is 0 Å². The highest BCUT2D eigenvalue weighted by molar-refractivity contribution is 5.27. The molecule has 0 aliphatic heterocycles. The van der Waals surface area contributed by atoms with Gasteiger partial charge in [0.25, 0.3) is 0 Å². The summed E-state index contributed by atoms with van der Waals surface area (Å²) in [6, 6.07) is 7.90. The SMILES string of the molecule is CCc1ccc(OCC(O)CNCC(O)CC(C)C)cc1. The van der Waals surface area contributed by atoms with Crippen molar-refractivity contribution in [2.75, 3.05) is 19.7 Å². The van der Waals surface area contributed by atoms with Gasteiger partial charge in [-0.3, -0.25) is 0 Å². The smallest absolute Gasteiger partial charge is 0.119 e. The van der Waals surface area contributed by atoms with E-state index in [9.17, 15) is 10.2 Å². The van der Waals surface area contributed by atoms with Gasteiger partial charge in [-0.2, -0.15) is 0 Å². The molecular weight excluding hydrogens is 266 g/mol. The van der Waals surface area contributed by atoms with Crippen molar-refractivity contribution in [1.82, 2.24) is 5.32 Å². The van der Waals surface area contributed by atoms with Crippen molar-refractivity contribution in [3.05, 3.63) is 29.8 Å². The fourth-order valence-corrected chi connectivity index (χ4v) is 2.12. The van der Waals surface area contributed by atoms with Gasteiger partial charge in [0.1, 0.15) is 18.5 Å². The Morgan fingerprint density at radius 3 is 2.24 bits per heavy atom. The van der Waals surface area contributed by atoms with Crippen LogP contribution in [0.2, 0.25) is 0 Å². The first-order valence-electron chi connectivity index (χ1n) is 7.79. The molecule has 0 saturated heterocycles. The summed E-state index contributed by atoms with van der Waals surface area (Å²) in [5, 5.41) is 22.6. The number of aliphatic hydroxyl groups is 2. The van der Waals surface area contributed by atoms with E-state index in [1.54, 1.807) is 0 Å². The van der Waals surface area contributed by atoms with Crippen molar-refractivity contribution in [2.24, 2.45) is 5.92 Å². The summed E-state index contributed by atoms with van der Waals surface area (Å²) in [5.74, 6) is 1.24. The van der Waals surface area contributed by atoms with E-state index in [-0.39, 0.29) is 12.7 Å². The maximum atomic E-state index is 9.84. The van der Waals surface area contributed by atoms with Crippen LogP contribution in [-0.2, 0) is 6.42 Å². The van der Waals surface area contributed by atoms with Gasteiger partial charge in [-0.25, -0.2) is 0 Å². The summed E-state index contributed by atoms with van der Waals surface area (Å²) >= 11 is 0. The summed E-state index contributed by atoms with van der Waals surface area (Å²) in [5.41, 5.74) is 1.27. The fourth-order valence-electron chi connectivity index (χ4n) is 2.12. The van der Waals surface area contributed by atoms with Crippen molar-refractivity contribution in [2.45, 2.75) is 45.8 Å². The first-order chi connectivity index (χ1) is 10.0. The highest BCUT2D eigenvalue weighted by Gasteiger charge is 2.09. The van der Waals surface area contributed by atoms with Gasteiger partial charge in [-0.1, -0.05) is 32.9 Å². The second kappa shape index (κ2) is 9.77. The monoisotopic (exact) mass is 295 g/mol. The normalized spacial score (nSPS) is 14.2. The third-order valence-electron chi connectivity index (χ3n) is 3.28. The average molecular weight is 295 g/mol. The third kappa shape index (κ3) is 8.05. The quantitative estimate of drug-likeness (QED) is 0.618. The molecule has 1 aromatic carbocycles. The Morgan fingerprint density at radius 2 is 1.67 bits per heavy atom. The highest BCUT2D eigenvalue weighted by Crippen LogP contribution is 2.12. The second-order valence-corrected chi connectivity index (χ2v) is 5.90. The summed E-state index contributed by atoms with van der Waals surface area (Å²) in [6.45, 7) is 7.44. The Bertz CT molecular complexity index is 378. The van der Waals surface area contributed by atoms with Gasteiger partial charge in [-0.05, 0) is 36.5 Å². The van der Waals surface area contributed by atoms with Crippen molar-refractivity contribution >= 4 is 0 Å². The van der Waals surface area contributed by atoms with Crippen LogP contribution in [0, 0.1) is 5.92 Å². The summed E-state index contributed by atoms with van der Waals surface area (Å²) < 4.78 is 5.54. The lowest BCUT2D eigenvalue weighted by Gasteiger charge is -2.16. The number of hydrogen-bond donors (Lipinski definition) is 3. The van der Waals surface area contributed by atoms with Crippen molar-refractivity contribution in [3.8, 4) is 5.75 Å². The number of hydrogen-bond acceptors (Lipinski definition) is 4. The van der Waals surface area contributed by atoms with Crippen molar-refractivity contribution in [1.29, 1.82) is 0 Å². The van der Waals surface area contributed by atoms with E-state index in [0.29, 0.717) is 19.0 Å². The molecule has 21 heavy (non-hydrogen) atoms. The highest BCUT2D eigenvalue weighted by atomic mass is 16.5. The van der Waals surface area contributed by atoms with Gasteiger partial charge in [-0.15, -0.1) is 0 Å². The molecule has 3 N–H and O–H groups in total. The van der Waals surface area contributed by atoms with Crippen LogP contribution in [0.4, 0.5) is 0 Å². The number of aryl methyl sites for hydroxylation is 1. The predicted octanol–water partition coefficient (Wildman–Crippen LogP) is 1.99. The lowest BCUT2D eigenvalue weighted by molar-refractivity contribution is 0.0966. The van der Waals surface area contributed by atoms with Crippen LogP contribution >= 0.6 is 0 Å². The van der Waals surface area contributed by atoms with Gasteiger partial charge >= 0.3 is 0 Å². The molecule has 2 unspecified atom stereocenters. The average Bonchev–Trinajstić information content (AvgIpc) is 2.45. The molecule has 1 aromatic rings. The minimum absolute atomic E-state index is 0.249. The standard InChI is InChI=1S/C17H29NO3/c1-4-14-5-7-17(8-6-14)21-12-16(20)11-18-10-15(19)9-13(2)3/h5-8,13,15-16,18-20H,4,9-12H2,1-3H3. The molecule has 1 rings (SSSR count). The van der Waals surface area contributed by atoms with Crippen LogP contribution in [0.5, 0.6) is 5.75 Å². The molecule has 0 fully saturated rings. The Kier molecular flexibility index (Phi) is 8.35. The van der Waals surface area contributed by atoms with Gasteiger partial charge in [0, 0.05) is 13.1 Å². The zero-order chi connectivity index (χ0) is 15.7. The molecule has 0 heterocycles. The molecule has 0 amide bonds. The summed E-state index contributed by atoms with van der Waals surface area (Å²) in [6.07, 6.45) is 0.830. The lowest BCUT2D eigenvalue weighted by atomic mass is 10.1. The second-order valence-electron chi connectivity index (χ2n) is 5.90. The van der Waals surface area contributed by atoms with Gasteiger partial charge in [0.2, 0.25) is 0 Å². The van der Waals surface area contributed by atoms with E-state index in [1.165, 1.54) is 5.56 Å². The number of ether oxygens (including phenoxy) is 1. The molecule has 4 nitrogen and oxygen atoms in total. The maximum absolute atomic E-state index is 9.84. The van der Waals surface area contributed by atoms with E-state index in [1.807, 2.05) is 24.3 Å². The molecule has 0 bridgehead atoms. The van der Waals surface area contributed by atoms with E-state index >= 15 is 0 Å². The molecule has 120 valence electrons. The molecule has 4 heteroatoms. The predicted molar refractivity (Wildman–Crippen MR) is 85.7 cm³/mol. The molecular formula is C17H29NO3. The zero-order valence-corrected chi connectivity index (χ0v) is 13.4. The molecule has 0 radical (unpaired) electrons. The van der Waals surface area contributed by atoms with Gasteiger partial charge in [0.15, 0.2) is 0 Å². The number of nitrogens with one attached hydrogen (secondary N) is 1. The zero-order valence-electron chi connectivity index (χ0n) is 13.4. The van der Waals surface area contributed by atoms with Gasteiger partial charge in [0.05, 0.1) is 6.10 Å². The molecule has 0 aromatic heterocycles. The minimum Gasteiger partial charge on any atom is -0.491 e. The molecule has 0 aliphatic rings. The molecule has 0 aliphatic carbocycles. The first kappa shape index (κ1) is 18.0. The lowest BCUT2D eigenvalue weighted by Crippen LogP contribution is -2.36. The molecule has 0 saturated carbocycles. The van der Waals surface area contributed by atoms with E-state index < -0.39 is 6.10 Å². The third-order valence-corrected chi connectivity index (χ3v) is 3.28. The molecule has 2 atom stereocenters. The van der Waals surface area contributed by atoms with E-state index in [0.717, 1.165) is 18.6 Å². The van der Waals surface area contributed by atoms with Gasteiger partial charge < -0.3 is 20.3 Å². The minimum atomic E-state index is -0.581. The Labute approximate surface area is 128 Å². The van der Waals surface area contributed by atoms with Crippen LogP contribution in [-0.4, -0.2) is 42.1 Å². The Balaban J connectivity index is 2.17. The van der Waals surface area contributed by atoms with E-state index in [4.69, 9.17) is 4.74 Å². The Hall–Kier alpha value is -1.10. The number of benzene rings is 1. The van der Waals surface area contributed by atoms with Crippen molar-refractivity contribution < 1.29 is 14.9 Å². The number of rotatable bonds is 10. The number of aliphatic hydroxyl groups excluding tert-OH is 2. The Morgan fingerprint density at radius 1 is 1.05 bits per heavy atom. The fraction of sp³-hybridized carbons (Fsp3) is 0.647. The van der Waals surface area contributed by atoms with Crippen LogP contribution in [0.3, 0.4) is 0 Å². The topological polar surface area (TPSA) is 61.7 Å². The molecule has 0 spiro atoms. The van der Waals surface area contributed by atoms with E-state index in [2.05, 4.69) is 26.1 Å². The largest absolute Gasteiger partial charge is 0.491 e. The summed E-state index contributed by atoms with van der Waals surface area (Å²) in [4.78, 5) is 0. The first-order valence-corrected chi connectivity index (χ1v) is 7.79. The maximum Gasteiger partial charge on any atom is 0.119 e. The van der Waals surface area contributed by atoms with Crippen LogP contribution in [0.15, 0.2) is 24.3 Å². The summed E-state index contributed by atoms with van der Waals surface area (Å²) in [7, 11) is 0. The van der Waals surface area contributed by atoms with Crippen molar-refractivity contribution in [3.63, 3.8) is 0 Å². The van der Waals surface area contributed by atoms with Crippen LogP contribution < -0.4 is 10.1 Å².